The Balaban J connectivity index is 1.46. The number of rotatable bonds is 5. The van der Waals surface area contributed by atoms with E-state index < -0.39 is 5.60 Å². The maximum Gasteiger partial charge on any atom is 0.0622 e. The largest absolute Gasteiger partial charge is 0.393 e. The van der Waals surface area contributed by atoms with Crippen molar-refractivity contribution in [3.05, 3.63) is 0 Å². The molecule has 30 heavy (non-hydrogen) atoms. The lowest BCUT2D eigenvalue weighted by atomic mass is 9.43. The molecule has 0 saturated heterocycles. The molecule has 0 aromatic carbocycles. The molecule has 4 aliphatic carbocycles. The van der Waals surface area contributed by atoms with Gasteiger partial charge in [0, 0.05) is 0 Å². The molecule has 2 N–H and O–H groups in total. The minimum absolute atomic E-state index is 0.132. The number of hydrogen-bond acceptors (Lipinski definition) is 2. The van der Waals surface area contributed by atoms with Crippen molar-refractivity contribution < 1.29 is 10.2 Å². The molecule has 2 nitrogen and oxygen atoms in total. The molecular formula is C28H50O2. The fourth-order valence-corrected chi connectivity index (χ4v) is 9.37. The van der Waals surface area contributed by atoms with Gasteiger partial charge in [0.25, 0.3) is 0 Å². The quantitative estimate of drug-likeness (QED) is 0.513. The van der Waals surface area contributed by atoms with Gasteiger partial charge in [-0.2, -0.15) is 0 Å². The van der Waals surface area contributed by atoms with E-state index in [4.69, 9.17) is 0 Å². The van der Waals surface area contributed by atoms with Crippen LogP contribution in [0.15, 0.2) is 0 Å². The molecule has 4 rings (SSSR count). The van der Waals surface area contributed by atoms with Gasteiger partial charge in [0.05, 0.1) is 11.7 Å². The zero-order chi connectivity index (χ0) is 21.9. The molecule has 2 heteroatoms. The lowest BCUT2D eigenvalue weighted by molar-refractivity contribution is -0.148. The van der Waals surface area contributed by atoms with E-state index in [9.17, 15) is 10.2 Å². The monoisotopic (exact) mass is 418 g/mol. The Morgan fingerprint density at radius 1 is 0.800 bits per heavy atom. The van der Waals surface area contributed by atoms with Crippen molar-refractivity contribution in [3.8, 4) is 0 Å². The summed E-state index contributed by atoms with van der Waals surface area (Å²) < 4.78 is 0. The standard InChI is InChI=1S/C28H50O2/c1-18(2)25(29)12-7-19(3)22-10-11-23-21-9-8-20-17-26(4,30)15-16-27(20,5)24(21)13-14-28(22,23)6/h18-25,29-30H,7-17H2,1-6H3/t19-,20-,21+,22-,23+,24+,25+,26+,27+,28-/m1/s1. The molecule has 0 unspecified atom stereocenters. The van der Waals surface area contributed by atoms with Crippen LogP contribution in [0.25, 0.3) is 0 Å². The molecule has 0 aliphatic heterocycles. The van der Waals surface area contributed by atoms with Crippen LogP contribution in [0.5, 0.6) is 0 Å². The van der Waals surface area contributed by atoms with Crippen molar-refractivity contribution in [2.24, 2.45) is 52.3 Å². The molecule has 0 heterocycles. The second-order valence-corrected chi connectivity index (χ2v) is 13.5. The first-order valence-corrected chi connectivity index (χ1v) is 13.4. The molecule has 10 atom stereocenters. The highest BCUT2D eigenvalue weighted by Crippen LogP contribution is 2.68. The van der Waals surface area contributed by atoms with Crippen molar-refractivity contribution in [1.82, 2.24) is 0 Å². The summed E-state index contributed by atoms with van der Waals surface area (Å²) in [5.74, 6) is 5.43. The topological polar surface area (TPSA) is 40.5 Å². The Hall–Kier alpha value is -0.0800. The van der Waals surface area contributed by atoms with Crippen molar-refractivity contribution in [2.75, 3.05) is 0 Å². The molecule has 174 valence electrons. The highest BCUT2D eigenvalue weighted by Gasteiger charge is 2.61. The summed E-state index contributed by atoms with van der Waals surface area (Å²) in [4.78, 5) is 0. The first-order chi connectivity index (χ1) is 14.0. The predicted octanol–water partition coefficient (Wildman–Crippen LogP) is 6.83. The SMILES string of the molecule is CC(C)[C@@H](O)CC[C@@H](C)[C@H]1CC[C@H]2[C@@H]3CC[C@@H]4C[C@@](C)(O)CC[C@]4(C)[C@H]3CC[C@]12C. The Morgan fingerprint density at radius 3 is 2.20 bits per heavy atom. The Bertz CT molecular complexity index is 612. The molecular weight excluding hydrogens is 368 g/mol. The van der Waals surface area contributed by atoms with Crippen LogP contribution in [0.3, 0.4) is 0 Å². The zero-order valence-electron chi connectivity index (χ0n) is 20.8. The van der Waals surface area contributed by atoms with Crippen molar-refractivity contribution in [3.63, 3.8) is 0 Å². The third-order valence-corrected chi connectivity index (χ3v) is 11.4. The van der Waals surface area contributed by atoms with Crippen LogP contribution in [0, 0.1) is 52.3 Å². The lowest BCUT2D eigenvalue weighted by Crippen LogP contribution is -2.55. The predicted molar refractivity (Wildman–Crippen MR) is 125 cm³/mol. The van der Waals surface area contributed by atoms with E-state index in [1.807, 2.05) is 0 Å². The number of aliphatic hydroxyl groups is 2. The van der Waals surface area contributed by atoms with E-state index in [1.165, 1.54) is 51.4 Å². The van der Waals surface area contributed by atoms with Gasteiger partial charge >= 0.3 is 0 Å². The highest BCUT2D eigenvalue weighted by atomic mass is 16.3. The van der Waals surface area contributed by atoms with E-state index in [0.717, 1.165) is 54.8 Å². The highest BCUT2D eigenvalue weighted by molar-refractivity contribution is 5.10. The van der Waals surface area contributed by atoms with Gasteiger partial charge in [-0.25, -0.2) is 0 Å². The summed E-state index contributed by atoms with van der Waals surface area (Å²) in [5, 5.41) is 21.0. The second kappa shape index (κ2) is 8.05. The van der Waals surface area contributed by atoms with Gasteiger partial charge in [-0.1, -0.05) is 34.6 Å². The summed E-state index contributed by atoms with van der Waals surface area (Å²) in [6, 6.07) is 0. The van der Waals surface area contributed by atoms with Crippen LogP contribution in [-0.2, 0) is 0 Å². The van der Waals surface area contributed by atoms with E-state index in [1.54, 1.807) is 0 Å². The molecule has 0 aromatic heterocycles. The first kappa shape index (κ1) is 23.1. The summed E-state index contributed by atoms with van der Waals surface area (Å²) in [7, 11) is 0. The number of hydrogen-bond donors (Lipinski definition) is 2. The lowest BCUT2D eigenvalue weighted by Gasteiger charge is -2.62. The molecule has 4 fully saturated rings. The van der Waals surface area contributed by atoms with Gasteiger partial charge in [0.15, 0.2) is 0 Å². The van der Waals surface area contributed by atoms with Crippen molar-refractivity contribution in [2.45, 2.75) is 124 Å². The van der Waals surface area contributed by atoms with E-state index in [2.05, 4.69) is 41.5 Å². The normalized spacial score (nSPS) is 50.5. The molecule has 0 spiro atoms. The second-order valence-electron chi connectivity index (χ2n) is 13.5. The van der Waals surface area contributed by atoms with Gasteiger partial charge < -0.3 is 10.2 Å². The molecule has 4 saturated carbocycles. The van der Waals surface area contributed by atoms with Crippen LogP contribution >= 0.6 is 0 Å². The maximum absolute atomic E-state index is 10.7. The molecule has 0 bridgehead atoms. The van der Waals surface area contributed by atoms with Crippen LogP contribution in [0.2, 0.25) is 0 Å². The van der Waals surface area contributed by atoms with Crippen LogP contribution in [0.4, 0.5) is 0 Å². The fourth-order valence-electron chi connectivity index (χ4n) is 9.37. The average Bonchev–Trinajstić information content (AvgIpc) is 3.03. The van der Waals surface area contributed by atoms with Crippen LogP contribution < -0.4 is 0 Å². The van der Waals surface area contributed by atoms with Crippen LogP contribution in [-0.4, -0.2) is 21.9 Å². The van der Waals surface area contributed by atoms with Gasteiger partial charge in [-0.15, -0.1) is 0 Å². The maximum atomic E-state index is 10.7. The van der Waals surface area contributed by atoms with Crippen molar-refractivity contribution >= 4 is 0 Å². The molecule has 0 aromatic rings. The summed E-state index contributed by atoms with van der Waals surface area (Å²) in [5.41, 5.74) is 0.568. The number of fused-ring (bicyclic) bond motifs is 5. The first-order valence-electron chi connectivity index (χ1n) is 13.4. The summed E-state index contributed by atoms with van der Waals surface area (Å²) in [6.07, 6.45) is 13.8. The third kappa shape index (κ3) is 3.81. The summed E-state index contributed by atoms with van der Waals surface area (Å²) in [6.45, 7) is 14.1. The number of aliphatic hydroxyl groups excluding tert-OH is 1. The van der Waals surface area contributed by atoms with Gasteiger partial charge in [-0.05, 0) is 130 Å². The van der Waals surface area contributed by atoms with Gasteiger partial charge in [0.2, 0.25) is 0 Å². The Kier molecular flexibility index (Phi) is 6.20. The Labute approximate surface area is 186 Å². The third-order valence-electron chi connectivity index (χ3n) is 11.4. The molecule has 4 aliphatic rings. The van der Waals surface area contributed by atoms with Crippen molar-refractivity contribution in [1.29, 1.82) is 0 Å². The zero-order valence-corrected chi connectivity index (χ0v) is 20.8. The van der Waals surface area contributed by atoms with Gasteiger partial charge in [-0.3, -0.25) is 0 Å². The fraction of sp³-hybridized carbons (Fsp3) is 1.00. The van der Waals surface area contributed by atoms with E-state index >= 15 is 0 Å². The van der Waals surface area contributed by atoms with Crippen LogP contribution in [0.1, 0.15) is 112 Å². The van der Waals surface area contributed by atoms with E-state index in [-0.39, 0.29) is 6.10 Å². The molecule has 0 amide bonds. The van der Waals surface area contributed by atoms with E-state index in [0.29, 0.717) is 16.7 Å². The molecule has 0 radical (unpaired) electrons. The average molecular weight is 419 g/mol. The Morgan fingerprint density at radius 2 is 1.50 bits per heavy atom. The smallest absolute Gasteiger partial charge is 0.0622 e. The summed E-state index contributed by atoms with van der Waals surface area (Å²) >= 11 is 0. The minimum Gasteiger partial charge on any atom is -0.393 e. The van der Waals surface area contributed by atoms with Gasteiger partial charge in [0.1, 0.15) is 0 Å². The minimum atomic E-state index is -0.422.